The predicted molar refractivity (Wildman–Crippen MR) is 106 cm³/mol. The highest BCUT2D eigenvalue weighted by molar-refractivity contribution is 6.10. The third-order valence-electron chi connectivity index (χ3n) is 6.58. The van der Waals surface area contributed by atoms with Gasteiger partial charge in [-0.15, -0.1) is 0 Å². The molecule has 0 spiro atoms. The highest BCUT2D eigenvalue weighted by Crippen LogP contribution is 2.33. The van der Waals surface area contributed by atoms with Crippen molar-refractivity contribution in [3.8, 4) is 0 Å². The van der Waals surface area contributed by atoms with Crippen molar-refractivity contribution in [2.75, 3.05) is 26.2 Å². The van der Waals surface area contributed by atoms with Crippen LogP contribution in [0.15, 0.2) is 0 Å². The van der Waals surface area contributed by atoms with E-state index in [4.69, 9.17) is 0 Å². The Labute approximate surface area is 162 Å². The lowest BCUT2D eigenvalue weighted by atomic mass is 9.92. The van der Waals surface area contributed by atoms with Crippen LogP contribution in [-0.2, 0) is 6.42 Å². The summed E-state index contributed by atoms with van der Waals surface area (Å²) in [6.07, 6.45) is 6.06. The van der Waals surface area contributed by atoms with Gasteiger partial charge in [-0.05, 0) is 50.9 Å². The van der Waals surface area contributed by atoms with E-state index >= 15 is 0 Å². The van der Waals surface area contributed by atoms with Gasteiger partial charge in [-0.2, -0.15) is 0 Å². The maximum Gasteiger partial charge on any atom is 0.256 e. The summed E-state index contributed by atoms with van der Waals surface area (Å²) in [5.74, 6) is 1.57. The zero-order chi connectivity index (χ0) is 19.1. The molecule has 2 aliphatic carbocycles. The van der Waals surface area contributed by atoms with E-state index in [0.717, 1.165) is 56.2 Å². The van der Waals surface area contributed by atoms with Crippen LogP contribution in [0.5, 0.6) is 0 Å². The van der Waals surface area contributed by atoms with Crippen molar-refractivity contribution >= 4 is 11.7 Å². The van der Waals surface area contributed by atoms with Crippen molar-refractivity contribution in [2.45, 2.75) is 65.3 Å². The summed E-state index contributed by atoms with van der Waals surface area (Å²) in [6, 6.07) is 0.405. The molecule has 2 heterocycles. The van der Waals surface area contributed by atoms with Gasteiger partial charge in [0.15, 0.2) is 5.78 Å². The SMILES string of the molecule is Cc1[nH]c2c(c1C(=O)N1CCCN(CC3CC3)[C@H](C(C)C)C1)C(=O)CCC2. The Kier molecular flexibility index (Phi) is 5.15. The van der Waals surface area contributed by atoms with Crippen LogP contribution in [0.1, 0.15) is 78.1 Å². The molecule has 2 fully saturated rings. The van der Waals surface area contributed by atoms with E-state index in [0.29, 0.717) is 29.5 Å². The molecule has 1 saturated carbocycles. The van der Waals surface area contributed by atoms with Gasteiger partial charge in [0, 0.05) is 50.0 Å². The van der Waals surface area contributed by atoms with Gasteiger partial charge in [0.25, 0.3) is 5.91 Å². The van der Waals surface area contributed by atoms with Crippen molar-refractivity contribution in [3.63, 3.8) is 0 Å². The molecule has 0 bridgehead atoms. The normalized spacial score (nSPS) is 24.2. The lowest BCUT2D eigenvalue weighted by Gasteiger charge is -2.34. The van der Waals surface area contributed by atoms with Crippen LogP contribution >= 0.6 is 0 Å². The van der Waals surface area contributed by atoms with Gasteiger partial charge in [-0.3, -0.25) is 14.5 Å². The number of carbonyl (C=O) groups excluding carboxylic acids is 2. The summed E-state index contributed by atoms with van der Waals surface area (Å²) in [5.41, 5.74) is 3.16. The molecule has 1 aromatic rings. The zero-order valence-electron chi connectivity index (χ0n) is 17.0. The number of H-pyrrole nitrogens is 1. The minimum absolute atomic E-state index is 0.0548. The zero-order valence-corrected chi connectivity index (χ0v) is 17.0. The fraction of sp³-hybridized carbons (Fsp3) is 0.727. The first-order chi connectivity index (χ1) is 13.0. The van der Waals surface area contributed by atoms with Crippen molar-refractivity contribution in [2.24, 2.45) is 11.8 Å². The molecule has 5 heteroatoms. The summed E-state index contributed by atoms with van der Waals surface area (Å²) < 4.78 is 0. The summed E-state index contributed by atoms with van der Waals surface area (Å²) in [5, 5.41) is 0. The first-order valence-corrected chi connectivity index (χ1v) is 10.7. The van der Waals surface area contributed by atoms with E-state index in [1.54, 1.807) is 0 Å². The molecule has 1 aromatic heterocycles. The van der Waals surface area contributed by atoms with Crippen molar-refractivity contribution < 1.29 is 9.59 Å². The van der Waals surface area contributed by atoms with E-state index in [1.807, 2.05) is 11.8 Å². The third-order valence-corrected chi connectivity index (χ3v) is 6.58. The maximum absolute atomic E-state index is 13.5. The van der Waals surface area contributed by atoms with Crippen LogP contribution in [0, 0.1) is 18.8 Å². The monoisotopic (exact) mass is 371 g/mol. The average molecular weight is 372 g/mol. The molecule has 1 atom stereocenters. The molecule has 1 amide bonds. The van der Waals surface area contributed by atoms with E-state index in [-0.39, 0.29) is 11.7 Å². The van der Waals surface area contributed by atoms with Gasteiger partial charge in [0.2, 0.25) is 0 Å². The summed E-state index contributed by atoms with van der Waals surface area (Å²) in [7, 11) is 0. The van der Waals surface area contributed by atoms with Crippen molar-refractivity contribution in [1.29, 1.82) is 0 Å². The second-order valence-electron chi connectivity index (χ2n) is 9.11. The molecule has 3 aliphatic rings. The van der Waals surface area contributed by atoms with Gasteiger partial charge in [0.05, 0.1) is 11.1 Å². The van der Waals surface area contributed by atoms with E-state index in [9.17, 15) is 9.59 Å². The fourth-order valence-corrected chi connectivity index (χ4v) is 4.90. The largest absolute Gasteiger partial charge is 0.361 e. The quantitative estimate of drug-likeness (QED) is 0.882. The number of aryl methyl sites for hydroxylation is 2. The van der Waals surface area contributed by atoms with Gasteiger partial charge in [-0.25, -0.2) is 0 Å². The molecule has 148 valence electrons. The lowest BCUT2D eigenvalue weighted by molar-refractivity contribution is 0.0699. The number of aromatic nitrogens is 1. The van der Waals surface area contributed by atoms with E-state index in [2.05, 4.69) is 23.7 Å². The molecule has 1 saturated heterocycles. The van der Waals surface area contributed by atoms with Gasteiger partial charge in [0.1, 0.15) is 0 Å². The number of Topliss-reactive ketones (excluding diaryl/α,β-unsaturated/α-hetero) is 1. The second kappa shape index (κ2) is 7.42. The van der Waals surface area contributed by atoms with Crippen LogP contribution in [0.3, 0.4) is 0 Å². The van der Waals surface area contributed by atoms with Crippen molar-refractivity contribution in [1.82, 2.24) is 14.8 Å². The highest BCUT2D eigenvalue weighted by atomic mass is 16.2. The highest BCUT2D eigenvalue weighted by Gasteiger charge is 2.36. The molecular weight excluding hydrogens is 338 g/mol. The van der Waals surface area contributed by atoms with Crippen LogP contribution in [-0.4, -0.2) is 58.7 Å². The number of nitrogens with one attached hydrogen (secondary N) is 1. The summed E-state index contributed by atoms with van der Waals surface area (Å²) in [6.45, 7) is 10.3. The summed E-state index contributed by atoms with van der Waals surface area (Å²) in [4.78, 5) is 34.0. The smallest absolute Gasteiger partial charge is 0.256 e. The minimum atomic E-state index is 0.0548. The molecule has 1 aliphatic heterocycles. The number of nitrogens with zero attached hydrogens (tertiary/aromatic N) is 2. The predicted octanol–water partition coefficient (Wildman–Crippen LogP) is 3.42. The molecule has 0 unspecified atom stereocenters. The Morgan fingerprint density at radius 2 is 1.96 bits per heavy atom. The topological polar surface area (TPSA) is 56.4 Å². The first-order valence-electron chi connectivity index (χ1n) is 10.7. The molecule has 1 N–H and O–H groups in total. The Morgan fingerprint density at radius 1 is 1.19 bits per heavy atom. The molecular formula is C22H33N3O2. The first kappa shape index (κ1) is 18.7. The van der Waals surface area contributed by atoms with Gasteiger partial charge in [-0.1, -0.05) is 13.8 Å². The number of ketones is 1. The Balaban J connectivity index is 1.58. The fourth-order valence-electron chi connectivity index (χ4n) is 4.90. The van der Waals surface area contributed by atoms with Crippen LogP contribution in [0.4, 0.5) is 0 Å². The maximum atomic E-state index is 13.5. The number of rotatable bonds is 4. The minimum Gasteiger partial charge on any atom is -0.361 e. The van der Waals surface area contributed by atoms with Crippen LogP contribution in [0.25, 0.3) is 0 Å². The Bertz CT molecular complexity index is 732. The molecule has 0 radical (unpaired) electrons. The summed E-state index contributed by atoms with van der Waals surface area (Å²) >= 11 is 0. The van der Waals surface area contributed by atoms with Gasteiger partial charge < -0.3 is 9.88 Å². The number of carbonyl (C=O) groups is 2. The lowest BCUT2D eigenvalue weighted by Crippen LogP contribution is -2.46. The third kappa shape index (κ3) is 3.71. The standard InChI is InChI=1S/C22H33N3O2/c1-14(2)18-13-25(11-5-10-24(18)12-16-8-9-16)22(27)20-15(3)23-17-6-4-7-19(26)21(17)20/h14,16,18,23H,4-13H2,1-3H3/t18-/m0/s1. The van der Waals surface area contributed by atoms with Crippen molar-refractivity contribution in [3.05, 3.63) is 22.5 Å². The number of fused-ring (bicyclic) bond motifs is 1. The Hall–Kier alpha value is -1.62. The molecule has 0 aromatic carbocycles. The second-order valence-corrected chi connectivity index (χ2v) is 9.11. The Morgan fingerprint density at radius 3 is 2.67 bits per heavy atom. The molecule has 4 rings (SSSR count). The molecule has 27 heavy (non-hydrogen) atoms. The number of aromatic amines is 1. The number of amides is 1. The molecule has 5 nitrogen and oxygen atoms in total. The average Bonchev–Trinajstić information content (AvgIpc) is 3.39. The number of hydrogen-bond donors (Lipinski definition) is 1. The van der Waals surface area contributed by atoms with E-state index in [1.165, 1.54) is 19.4 Å². The number of hydrogen-bond acceptors (Lipinski definition) is 3. The van der Waals surface area contributed by atoms with Crippen LogP contribution < -0.4 is 0 Å². The van der Waals surface area contributed by atoms with Gasteiger partial charge >= 0.3 is 0 Å². The van der Waals surface area contributed by atoms with Crippen LogP contribution in [0.2, 0.25) is 0 Å². The van der Waals surface area contributed by atoms with E-state index < -0.39 is 0 Å².